The molecule has 1 unspecified atom stereocenters. The number of nitrogens with zero attached hydrogens (tertiary/aromatic N) is 9. The molecule has 1 aliphatic rings. The van der Waals surface area contributed by atoms with E-state index >= 15 is 0 Å². The highest BCUT2D eigenvalue weighted by Crippen LogP contribution is 2.36. The fraction of sp³-hybridized carbons (Fsp3) is 0.368. The highest BCUT2D eigenvalue weighted by molar-refractivity contribution is 6.31. The lowest BCUT2D eigenvalue weighted by Gasteiger charge is -2.37. The van der Waals surface area contributed by atoms with Crippen molar-refractivity contribution in [2.75, 3.05) is 43.9 Å². The Labute approximate surface area is 330 Å². The summed E-state index contributed by atoms with van der Waals surface area (Å²) < 4.78 is 14.3. The molecule has 1 atom stereocenters. The molecule has 0 saturated carbocycles. The van der Waals surface area contributed by atoms with Gasteiger partial charge in [0.2, 0.25) is 11.8 Å². The van der Waals surface area contributed by atoms with E-state index in [-0.39, 0.29) is 20.5 Å². The van der Waals surface area contributed by atoms with E-state index < -0.39 is 16.9 Å². The number of rotatable bonds is 9. The predicted octanol–water partition coefficient (Wildman–Crippen LogP) is 7.48. The number of carbonyl (C=O) groups excluding carboxylic acids is 2. The zero-order valence-electron chi connectivity index (χ0n) is 31.7. The van der Waals surface area contributed by atoms with Gasteiger partial charge in [-0.25, -0.2) is 34.3 Å². The molecular formula is C38H47Cl2FN12O2. The molecular weight excluding hydrogens is 746 g/mol. The first kappa shape index (κ1) is 39.3. The molecule has 1 saturated heterocycles. The number of aromatic nitrogens is 8. The van der Waals surface area contributed by atoms with E-state index in [0.29, 0.717) is 46.0 Å². The summed E-state index contributed by atoms with van der Waals surface area (Å²) in [5, 5.41) is 5.52. The first-order valence-corrected chi connectivity index (χ1v) is 18.6. The first-order chi connectivity index (χ1) is 26.2. The predicted molar refractivity (Wildman–Crippen MR) is 218 cm³/mol. The van der Waals surface area contributed by atoms with Crippen molar-refractivity contribution in [3.63, 3.8) is 0 Å². The van der Waals surface area contributed by atoms with Crippen molar-refractivity contribution in [3.05, 3.63) is 71.2 Å². The van der Waals surface area contributed by atoms with Crippen molar-refractivity contribution in [2.24, 2.45) is 0 Å². The van der Waals surface area contributed by atoms with E-state index in [9.17, 15) is 14.0 Å². The number of hydrogen-bond acceptors (Lipinski definition) is 10. The number of hydrogen-bond donors (Lipinski definition) is 3. The summed E-state index contributed by atoms with van der Waals surface area (Å²) in [6.07, 6.45) is 11.2. The van der Waals surface area contributed by atoms with E-state index in [1.54, 1.807) is 55.4 Å². The minimum Gasteiger partial charge on any atom is -0.354 e. The van der Waals surface area contributed by atoms with Crippen molar-refractivity contribution in [1.82, 2.24) is 49.7 Å². The van der Waals surface area contributed by atoms with Gasteiger partial charge in [-0.3, -0.25) is 9.59 Å². The van der Waals surface area contributed by atoms with Crippen molar-refractivity contribution < 1.29 is 16.8 Å². The molecule has 3 N–H and O–H groups in total. The fourth-order valence-electron chi connectivity index (χ4n) is 6.62. The van der Waals surface area contributed by atoms with Gasteiger partial charge < -0.3 is 30.0 Å². The number of likely N-dealkylation sites (N-methyl/N-ethyl adjacent to an activating group) is 2. The summed E-state index contributed by atoms with van der Waals surface area (Å²) in [4.78, 5) is 63.2. The van der Waals surface area contributed by atoms with Crippen LogP contribution in [-0.4, -0.2) is 106 Å². The quantitative estimate of drug-likeness (QED) is 0.134. The fourth-order valence-corrected chi connectivity index (χ4v) is 6.93. The molecule has 0 aliphatic carbocycles. The zero-order valence-corrected chi connectivity index (χ0v) is 33.2. The van der Waals surface area contributed by atoms with Crippen LogP contribution in [0.3, 0.4) is 0 Å². The second-order valence-corrected chi connectivity index (χ2v) is 14.9. The second-order valence-electron chi connectivity index (χ2n) is 14.1. The Morgan fingerprint density at radius 3 is 2.09 bits per heavy atom. The Bertz CT molecular complexity index is 2380. The minimum atomic E-state index is -1.04. The molecule has 0 spiro atoms. The molecule has 17 heteroatoms. The third-order valence-electron chi connectivity index (χ3n) is 9.85. The number of amides is 2. The number of aromatic amines is 2. The van der Waals surface area contributed by atoms with Crippen LogP contribution in [-0.2, 0) is 9.59 Å². The van der Waals surface area contributed by atoms with Gasteiger partial charge in [0.1, 0.15) is 28.2 Å². The van der Waals surface area contributed by atoms with Gasteiger partial charge in [-0.15, -0.1) is 0 Å². The summed E-state index contributed by atoms with van der Waals surface area (Å²) in [6.45, 7) is 11.2. The zero-order chi connectivity index (χ0) is 39.7. The topological polar surface area (TPSA) is 165 Å². The second kappa shape index (κ2) is 15.7. The normalized spacial score (nSPS) is 15.6. The Morgan fingerprint density at radius 1 is 0.927 bits per heavy atom. The molecule has 0 bridgehead atoms. The molecule has 14 nitrogen and oxygen atoms in total. The van der Waals surface area contributed by atoms with Crippen molar-refractivity contribution in [1.29, 1.82) is 0 Å². The van der Waals surface area contributed by atoms with Crippen LogP contribution < -0.4 is 10.2 Å². The van der Waals surface area contributed by atoms with Crippen LogP contribution in [0.25, 0.3) is 44.8 Å². The molecule has 6 aromatic rings. The molecule has 0 radical (unpaired) electrons. The van der Waals surface area contributed by atoms with E-state index in [2.05, 4.69) is 45.1 Å². The first-order valence-electron chi connectivity index (χ1n) is 17.8. The number of pyridine rings is 2. The third kappa shape index (κ3) is 7.89. The number of nitrogens with one attached hydrogen (secondary N) is 3. The maximum Gasteiger partial charge on any atom is 0.247 e. The largest absolute Gasteiger partial charge is 0.354 e. The minimum absolute atomic E-state index is 0. The number of H-pyrrole nitrogens is 2. The molecule has 0 aromatic carbocycles. The number of carbonyl (C=O) groups is 2. The third-order valence-corrected chi connectivity index (χ3v) is 10.3. The number of fused-ring (bicyclic) bond motifs is 2. The van der Waals surface area contributed by atoms with E-state index in [1.807, 2.05) is 46.1 Å². The van der Waals surface area contributed by atoms with Gasteiger partial charge in [0, 0.05) is 89.5 Å². The Balaban J connectivity index is 0.000000244. The van der Waals surface area contributed by atoms with Gasteiger partial charge in [-0.2, -0.15) is 0 Å². The van der Waals surface area contributed by atoms with Crippen molar-refractivity contribution >= 4 is 68.7 Å². The summed E-state index contributed by atoms with van der Waals surface area (Å²) in [5.74, 6) is 0.886. The van der Waals surface area contributed by atoms with E-state index in [1.165, 1.54) is 6.20 Å². The monoisotopic (exact) mass is 792 g/mol. The van der Waals surface area contributed by atoms with Crippen LogP contribution in [0.2, 0.25) is 10.0 Å². The summed E-state index contributed by atoms with van der Waals surface area (Å²) >= 11 is 12.1. The Morgan fingerprint density at radius 2 is 1.51 bits per heavy atom. The van der Waals surface area contributed by atoms with Crippen LogP contribution in [0.4, 0.5) is 16.0 Å². The van der Waals surface area contributed by atoms with Crippen molar-refractivity contribution in [3.8, 4) is 22.8 Å². The van der Waals surface area contributed by atoms with Crippen LogP contribution in [0, 0.1) is 5.82 Å². The molecule has 1 aliphatic heterocycles. The van der Waals surface area contributed by atoms with Gasteiger partial charge >= 0.3 is 0 Å². The van der Waals surface area contributed by atoms with Crippen LogP contribution in [0.15, 0.2) is 55.4 Å². The van der Waals surface area contributed by atoms with E-state index in [0.717, 1.165) is 53.4 Å². The molecule has 2 amide bonds. The lowest BCUT2D eigenvalue weighted by molar-refractivity contribution is -0.134. The maximum atomic E-state index is 14.3. The van der Waals surface area contributed by atoms with Gasteiger partial charge in [0.15, 0.2) is 23.3 Å². The smallest absolute Gasteiger partial charge is 0.247 e. The highest BCUT2D eigenvalue weighted by Gasteiger charge is 2.45. The van der Waals surface area contributed by atoms with Crippen molar-refractivity contribution in [2.45, 2.75) is 58.5 Å². The molecule has 6 aromatic heterocycles. The lowest BCUT2D eigenvalue weighted by Crippen LogP contribution is -2.54. The number of halogens is 3. The van der Waals surface area contributed by atoms with Gasteiger partial charge in [0.25, 0.3) is 0 Å². The van der Waals surface area contributed by atoms with Gasteiger partial charge in [-0.1, -0.05) is 23.2 Å². The maximum absolute atomic E-state index is 14.3. The number of anilines is 2. The molecule has 7 rings (SSSR count). The van der Waals surface area contributed by atoms with Gasteiger partial charge in [0.05, 0.1) is 16.2 Å². The highest BCUT2D eigenvalue weighted by atomic mass is 35.5. The average Bonchev–Trinajstić information content (AvgIpc) is 3.91. The summed E-state index contributed by atoms with van der Waals surface area (Å²) in [6, 6.07) is 5.46. The lowest BCUT2D eigenvalue weighted by atomic mass is 9.97. The molecule has 7 heterocycles. The molecule has 292 valence electrons. The Hall–Kier alpha value is -5.41. The standard InChI is InChI=1S/C20H23ClN6O.C18H20ClFN6O.2H2/c1-4-26(3)19(28)20(2)7-5-9-27(20)16-6-8-22-18(25-16)15-12-24-17-14(15)10-13(21)11-23-17;1-5-26(4)17(27)18(2,3)25-16-13(20)9-23-15(24-16)12-8-22-14-11(12)6-10(19)7-21-14;;/h6,8,10-12H,4-5,7,9H2,1-3H3,(H,23,24);6-9H,5H2,1-4H3,(H,21,22)(H,23,24,25);2*1H. The van der Waals surface area contributed by atoms with E-state index in [4.69, 9.17) is 28.2 Å². The molecule has 1 fully saturated rings. The summed E-state index contributed by atoms with van der Waals surface area (Å²) in [5.41, 5.74) is 1.20. The van der Waals surface area contributed by atoms with Crippen LogP contribution in [0.1, 0.15) is 50.3 Å². The summed E-state index contributed by atoms with van der Waals surface area (Å²) in [7, 11) is 3.54. The SMILES string of the molecule is CCN(C)C(=O)C(C)(C)Nc1nc(-c2c[nH]c3ncc(Cl)cc23)ncc1F.CCN(C)C(=O)C1(C)CCCN1c1ccnc(-c2c[nH]c3ncc(Cl)cc23)n1.[HH].[HH]. The van der Waals surface area contributed by atoms with Crippen LogP contribution in [0.5, 0.6) is 0 Å². The van der Waals surface area contributed by atoms with Crippen LogP contribution >= 0.6 is 23.2 Å². The molecule has 55 heavy (non-hydrogen) atoms. The average molecular weight is 794 g/mol. The Kier molecular flexibility index (Phi) is 11.3. The van der Waals surface area contributed by atoms with Gasteiger partial charge in [-0.05, 0) is 65.7 Å².